The van der Waals surface area contributed by atoms with E-state index >= 15 is 0 Å². The van der Waals surface area contributed by atoms with Crippen LogP contribution in [0.25, 0.3) is 0 Å². The highest BCUT2D eigenvalue weighted by atomic mass is 35.5. The van der Waals surface area contributed by atoms with E-state index in [0.717, 1.165) is 11.8 Å². The van der Waals surface area contributed by atoms with Crippen LogP contribution in [-0.2, 0) is 9.59 Å². The molecule has 0 radical (unpaired) electrons. The van der Waals surface area contributed by atoms with E-state index < -0.39 is 0 Å². The third kappa shape index (κ3) is 6.03. The Labute approximate surface area is 152 Å². The quantitative estimate of drug-likeness (QED) is 0.771. The van der Waals surface area contributed by atoms with E-state index in [2.05, 4.69) is 10.6 Å². The Morgan fingerprint density at radius 2 is 1.42 bits per heavy atom. The molecule has 2 aromatic rings. The summed E-state index contributed by atoms with van der Waals surface area (Å²) < 4.78 is 12.8. The highest BCUT2D eigenvalue weighted by molar-refractivity contribution is 8.00. The van der Waals surface area contributed by atoms with E-state index in [1.165, 1.54) is 24.3 Å². The molecule has 2 aromatic carbocycles. The van der Waals surface area contributed by atoms with Crippen LogP contribution in [0, 0.1) is 5.82 Å². The molecule has 0 aliphatic rings. The van der Waals surface area contributed by atoms with Crippen LogP contribution in [0.4, 0.5) is 15.8 Å². The molecule has 0 saturated carbocycles. The van der Waals surface area contributed by atoms with Gasteiger partial charge in [0, 0.05) is 11.4 Å². The van der Waals surface area contributed by atoms with Crippen molar-refractivity contribution in [2.24, 2.45) is 0 Å². The van der Waals surface area contributed by atoms with Gasteiger partial charge in [-0.05, 0) is 42.5 Å². The molecule has 0 atom stereocenters. The Hall–Kier alpha value is -1.76. The third-order valence-corrected chi connectivity index (χ3v) is 4.47. The summed E-state index contributed by atoms with van der Waals surface area (Å²) in [5, 5.41) is 6.03. The minimum atomic E-state index is -0.374. The molecular formula is C16H13Cl2FN2O2S. The average molecular weight is 387 g/mol. The molecule has 0 saturated heterocycles. The SMILES string of the molecule is O=C(CSCC(=O)Nc1ccc(Cl)c(Cl)c1)Nc1ccc(F)cc1. The molecular weight excluding hydrogens is 374 g/mol. The van der Waals surface area contributed by atoms with E-state index in [1.807, 2.05) is 0 Å². The first-order chi connectivity index (χ1) is 11.4. The molecule has 0 fully saturated rings. The number of hydrogen-bond acceptors (Lipinski definition) is 3. The molecule has 0 spiro atoms. The second-order valence-corrected chi connectivity index (χ2v) is 6.52. The van der Waals surface area contributed by atoms with Crippen molar-refractivity contribution < 1.29 is 14.0 Å². The molecule has 0 aromatic heterocycles. The van der Waals surface area contributed by atoms with Crippen LogP contribution in [-0.4, -0.2) is 23.3 Å². The van der Waals surface area contributed by atoms with Crippen molar-refractivity contribution in [1.82, 2.24) is 0 Å². The van der Waals surface area contributed by atoms with Gasteiger partial charge in [-0.1, -0.05) is 23.2 Å². The van der Waals surface area contributed by atoms with Gasteiger partial charge in [0.05, 0.1) is 21.6 Å². The van der Waals surface area contributed by atoms with E-state index in [0.29, 0.717) is 21.4 Å². The lowest BCUT2D eigenvalue weighted by Crippen LogP contribution is -2.18. The van der Waals surface area contributed by atoms with Crippen LogP contribution >= 0.6 is 35.0 Å². The Morgan fingerprint density at radius 3 is 2.00 bits per heavy atom. The molecule has 2 N–H and O–H groups in total. The Morgan fingerprint density at radius 1 is 0.875 bits per heavy atom. The van der Waals surface area contributed by atoms with Gasteiger partial charge in [0.15, 0.2) is 0 Å². The average Bonchev–Trinajstić information content (AvgIpc) is 2.53. The van der Waals surface area contributed by atoms with Crippen LogP contribution in [0.3, 0.4) is 0 Å². The third-order valence-electron chi connectivity index (χ3n) is 2.80. The fraction of sp³-hybridized carbons (Fsp3) is 0.125. The highest BCUT2D eigenvalue weighted by Crippen LogP contribution is 2.25. The topological polar surface area (TPSA) is 58.2 Å². The second kappa shape index (κ2) is 8.92. The highest BCUT2D eigenvalue weighted by Gasteiger charge is 2.08. The molecule has 2 rings (SSSR count). The van der Waals surface area contributed by atoms with Crippen molar-refractivity contribution in [3.05, 3.63) is 58.3 Å². The molecule has 0 unspecified atom stereocenters. The normalized spacial score (nSPS) is 10.3. The summed E-state index contributed by atoms with van der Waals surface area (Å²) >= 11 is 12.8. The molecule has 0 heterocycles. The number of carbonyl (C=O) groups is 2. The maximum atomic E-state index is 12.8. The van der Waals surface area contributed by atoms with E-state index in [-0.39, 0.29) is 29.1 Å². The summed E-state index contributed by atoms with van der Waals surface area (Å²) in [5.74, 6) is -0.688. The van der Waals surface area contributed by atoms with Crippen LogP contribution in [0.2, 0.25) is 10.0 Å². The van der Waals surface area contributed by atoms with Crippen molar-refractivity contribution >= 4 is 58.2 Å². The van der Waals surface area contributed by atoms with Gasteiger partial charge < -0.3 is 10.6 Å². The number of benzene rings is 2. The van der Waals surface area contributed by atoms with Crippen molar-refractivity contribution in [3.63, 3.8) is 0 Å². The van der Waals surface area contributed by atoms with Crippen molar-refractivity contribution in [1.29, 1.82) is 0 Å². The summed E-state index contributed by atoms with van der Waals surface area (Å²) in [4.78, 5) is 23.5. The molecule has 0 aliphatic carbocycles. The summed E-state index contributed by atoms with van der Waals surface area (Å²) in [6.07, 6.45) is 0. The fourth-order valence-electron chi connectivity index (χ4n) is 1.74. The lowest BCUT2D eigenvalue weighted by molar-refractivity contribution is -0.114. The number of thioether (sulfide) groups is 1. The van der Waals surface area contributed by atoms with Crippen LogP contribution in [0.5, 0.6) is 0 Å². The van der Waals surface area contributed by atoms with Crippen LogP contribution in [0.1, 0.15) is 0 Å². The molecule has 2 amide bonds. The van der Waals surface area contributed by atoms with Gasteiger partial charge in [-0.3, -0.25) is 9.59 Å². The van der Waals surface area contributed by atoms with Gasteiger partial charge in [-0.15, -0.1) is 11.8 Å². The zero-order chi connectivity index (χ0) is 17.5. The van der Waals surface area contributed by atoms with Crippen molar-refractivity contribution in [2.75, 3.05) is 22.1 Å². The zero-order valence-corrected chi connectivity index (χ0v) is 14.6. The molecule has 8 heteroatoms. The maximum absolute atomic E-state index is 12.8. The molecule has 126 valence electrons. The molecule has 0 aliphatic heterocycles. The number of halogens is 3. The Balaban J connectivity index is 1.72. The van der Waals surface area contributed by atoms with Crippen molar-refractivity contribution in [3.8, 4) is 0 Å². The molecule has 4 nitrogen and oxygen atoms in total. The largest absolute Gasteiger partial charge is 0.325 e. The predicted molar refractivity (Wildman–Crippen MR) is 97.4 cm³/mol. The molecule has 24 heavy (non-hydrogen) atoms. The lowest BCUT2D eigenvalue weighted by atomic mass is 10.3. The summed E-state index contributed by atoms with van der Waals surface area (Å²) in [5.41, 5.74) is 1.04. The smallest absolute Gasteiger partial charge is 0.234 e. The minimum Gasteiger partial charge on any atom is -0.325 e. The number of nitrogens with one attached hydrogen (secondary N) is 2. The summed E-state index contributed by atoms with van der Waals surface area (Å²) in [6.45, 7) is 0. The maximum Gasteiger partial charge on any atom is 0.234 e. The Bertz CT molecular complexity index is 741. The van der Waals surface area contributed by atoms with Crippen LogP contribution in [0.15, 0.2) is 42.5 Å². The van der Waals surface area contributed by atoms with E-state index in [4.69, 9.17) is 23.2 Å². The number of amides is 2. The van der Waals surface area contributed by atoms with Gasteiger partial charge in [0.2, 0.25) is 11.8 Å². The van der Waals surface area contributed by atoms with Gasteiger partial charge in [0.25, 0.3) is 0 Å². The lowest BCUT2D eigenvalue weighted by Gasteiger charge is -2.07. The van der Waals surface area contributed by atoms with Crippen molar-refractivity contribution in [2.45, 2.75) is 0 Å². The standard InChI is InChI=1S/C16H13Cl2FN2O2S/c17-13-6-5-12(7-14(13)18)21-16(23)9-24-8-15(22)20-11-3-1-10(19)2-4-11/h1-7H,8-9H2,(H,20,22)(H,21,23). The van der Waals surface area contributed by atoms with E-state index in [1.54, 1.807) is 18.2 Å². The summed E-state index contributed by atoms with van der Waals surface area (Å²) in [7, 11) is 0. The van der Waals surface area contributed by atoms with Crippen LogP contribution < -0.4 is 10.6 Å². The first-order valence-corrected chi connectivity index (χ1v) is 8.73. The number of rotatable bonds is 6. The van der Waals surface area contributed by atoms with Gasteiger partial charge >= 0.3 is 0 Å². The monoisotopic (exact) mass is 386 g/mol. The number of hydrogen-bond donors (Lipinski definition) is 2. The summed E-state index contributed by atoms with van der Waals surface area (Å²) in [6, 6.07) is 10.2. The van der Waals surface area contributed by atoms with Gasteiger partial charge in [-0.2, -0.15) is 0 Å². The number of carbonyl (C=O) groups excluding carboxylic acids is 2. The second-order valence-electron chi connectivity index (χ2n) is 4.72. The van der Waals surface area contributed by atoms with Gasteiger partial charge in [-0.25, -0.2) is 4.39 Å². The minimum absolute atomic E-state index is 0.103. The number of anilines is 2. The first kappa shape index (κ1) is 18.6. The van der Waals surface area contributed by atoms with Gasteiger partial charge in [0.1, 0.15) is 5.82 Å². The van der Waals surface area contributed by atoms with E-state index in [9.17, 15) is 14.0 Å². The molecule has 0 bridgehead atoms. The fourth-order valence-corrected chi connectivity index (χ4v) is 2.65. The zero-order valence-electron chi connectivity index (χ0n) is 12.3. The Kier molecular flexibility index (Phi) is 6.90. The predicted octanol–water partition coefficient (Wildman–Crippen LogP) is 4.44. The first-order valence-electron chi connectivity index (χ1n) is 6.82.